The van der Waals surface area contributed by atoms with Crippen LogP contribution < -0.4 is 18.9 Å². The maximum Gasteiger partial charge on any atom is 1.00 e. The van der Waals surface area contributed by atoms with Crippen LogP contribution in [0.4, 0.5) is 0 Å². The summed E-state index contributed by atoms with van der Waals surface area (Å²) < 4.78 is 0. The van der Waals surface area contributed by atoms with E-state index in [0.717, 1.165) is 6.08 Å². The van der Waals surface area contributed by atoms with Crippen LogP contribution >= 0.6 is 15.9 Å². The zero-order valence-electron chi connectivity index (χ0n) is 3.81. The van der Waals surface area contributed by atoms with Gasteiger partial charge >= 0.3 is 18.9 Å². The Balaban J connectivity index is 0. The number of carboxylic acids is 1. The number of carboxylic acid groups (broad SMARTS) is 1. The van der Waals surface area contributed by atoms with Gasteiger partial charge in [-0.15, -0.1) is 6.08 Å². The first kappa shape index (κ1) is 10.3. The second-order valence-electron chi connectivity index (χ2n) is 0.592. The Morgan fingerprint density at radius 2 is 2.29 bits per heavy atom. The molecular formula is C3H2BrLiO2. The summed E-state index contributed by atoms with van der Waals surface area (Å²) in [4.78, 5) is 11.6. The van der Waals surface area contributed by atoms with E-state index in [2.05, 4.69) is 20.9 Å². The molecule has 0 spiro atoms. The van der Waals surface area contributed by atoms with Gasteiger partial charge in [0.15, 0.2) is 5.97 Å². The smallest absolute Gasteiger partial charge is 0.562 e. The minimum atomic E-state index is -0.994. The third kappa shape index (κ3) is 10.7. The third-order valence-electron chi connectivity index (χ3n) is 0.178. The summed E-state index contributed by atoms with van der Waals surface area (Å²) >= 11 is 2.66. The summed E-state index contributed by atoms with van der Waals surface area (Å²) in [6.07, 6.45) is 0.875. The molecule has 0 aromatic carbocycles. The van der Waals surface area contributed by atoms with Crippen molar-refractivity contribution in [1.82, 2.24) is 0 Å². The van der Waals surface area contributed by atoms with Gasteiger partial charge < -0.3 is 9.90 Å². The molecule has 0 aliphatic heterocycles. The van der Waals surface area contributed by atoms with Gasteiger partial charge in [0.1, 0.15) is 0 Å². The number of rotatable bonds is 1. The molecule has 34 valence electrons. The van der Waals surface area contributed by atoms with E-state index < -0.39 is 5.97 Å². The van der Waals surface area contributed by atoms with Crippen molar-refractivity contribution in [2.45, 2.75) is 0 Å². The molecule has 0 unspecified atom stereocenters. The van der Waals surface area contributed by atoms with E-state index in [-0.39, 0.29) is 18.9 Å². The number of halogens is 1. The van der Waals surface area contributed by atoms with E-state index in [1.165, 1.54) is 0 Å². The quantitative estimate of drug-likeness (QED) is 0.266. The van der Waals surface area contributed by atoms with Crippen molar-refractivity contribution >= 4 is 21.9 Å². The summed E-state index contributed by atoms with van der Waals surface area (Å²) in [7, 11) is 0. The van der Waals surface area contributed by atoms with Gasteiger partial charge in [-0.2, -0.15) is 20.9 Å². The van der Waals surface area contributed by atoms with Crippen molar-refractivity contribution in [3.8, 4) is 0 Å². The molecule has 1 N–H and O–H groups in total. The Morgan fingerprint density at radius 1 is 1.86 bits per heavy atom. The van der Waals surface area contributed by atoms with Crippen molar-refractivity contribution in [2.24, 2.45) is 0 Å². The van der Waals surface area contributed by atoms with Gasteiger partial charge in [-0.1, -0.05) is 0 Å². The predicted octanol–water partition coefficient (Wildman–Crippen LogP) is -2.21. The Morgan fingerprint density at radius 3 is 2.29 bits per heavy atom. The van der Waals surface area contributed by atoms with Crippen molar-refractivity contribution in [3.05, 3.63) is 11.1 Å². The summed E-state index contributed by atoms with van der Waals surface area (Å²) in [5.41, 5.74) is 0. The molecule has 0 fully saturated rings. The van der Waals surface area contributed by atoms with Crippen LogP contribution in [0.15, 0.2) is 6.08 Å². The Kier molecular flexibility index (Phi) is 9.26. The molecule has 0 bridgehead atoms. The molecule has 0 aromatic heterocycles. The van der Waals surface area contributed by atoms with Crippen molar-refractivity contribution in [1.29, 1.82) is 0 Å². The molecule has 0 saturated carbocycles. The number of aliphatic carboxylic acids is 1. The van der Waals surface area contributed by atoms with Crippen molar-refractivity contribution < 1.29 is 28.8 Å². The Bertz CT molecular complexity index is 81.0. The fourth-order valence-corrected chi connectivity index (χ4v) is 0.243. The van der Waals surface area contributed by atoms with E-state index in [0.29, 0.717) is 0 Å². The van der Waals surface area contributed by atoms with Gasteiger partial charge in [-0.25, -0.2) is 0 Å². The number of carbonyl (C=O) groups is 1. The maximum atomic E-state index is 9.45. The average molecular weight is 157 g/mol. The van der Waals surface area contributed by atoms with Crippen molar-refractivity contribution in [2.75, 3.05) is 0 Å². The van der Waals surface area contributed by atoms with E-state index in [1.54, 1.807) is 0 Å². The van der Waals surface area contributed by atoms with Crippen LogP contribution in [-0.2, 0) is 4.79 Å². The molecule has 4 heteroatoms. The van der Waals surface area contributed by atoms with E-state index in [1.807, 2.05) is 0 Å². The predicted molar refractivity (Wildman–Crippen MR) is 24.4 cm³/mol. The summed E-state index contributed by atoms with van der Waals surface area (Å²) in [6, 6.07) is 0. The SMILES string of the molecule is O=C(O)C=[C-]Br.[Li+]. The second kappa shape index (κ2) is 6.29. The normalized spacial score (nSPS) is 8.14. The van der Waals surface area contributed by atoms with Crippen LogP contribution in [0.25, 0.3) is 0 Å². The van der Waals surface area contributed by atoms with Crippen LogP contribution in [0.2, 0.25) is 0 Å². The molecular weight excluding hydrogens is 155 g/mol. The van der Waals surface area contributed by atoms with Crippen LogP contribution in [0.5, 0.6) is 0 Å². The van der Waals surface area contributed by atoms with Gasteiger partial charge in [-0.3, -0.25) is 0 Å². The van der Waals surface area contributed by atoms with E-state index >= 15 is 0 Å². The fourth-order valence-electron chi connectivity index (χ4n) is 0.0467. The largest absolute Gasteiger partial charge is 1.00 e. The molecule has 7 heavy (non-hydrogen) atoms. The third-order valence-corrected chi connectivity index (χ3v) is 0.407. The van der Waals surface area contributed by atoms with Gasteiger partial charge in [0, 0.05) is 0 Å². The fraction of sp³-hybridized carbons (Fsp3) is 0. The zero-order valence-corrected chi connectivity index (χ0v) is 5.40. The van der Waals surface area contributed by atoms with Crippen LogP contribution in [0, 0.1) is 4.99 Å². The standard InChI is InChI=1S/C3H2BrO2.Li/c4-2-1-3(5)6;/h1H,(H,5,6);/q-1;+1. The monoisotopic (exact) mass is 156 g/mol. The topological polar surface area (TPSA) is 37.3 Å². The summed E-state index contributed by atoms with van der Waals surface area (Å²) in [5, 5.41) is 7.77. The molecule has 0 aliphatic carbocycles. The maximum absolute atomic E-state index is 9.45. The summed E-state index contributed by atoms with van der Waals surface area (Å²) in [5.74, 6) is -0.994. The van der Waals surface area contributed by atoms with Gasteiger partial charge in [0.2, 0.25) is 0 Å². The molecule has 0 radical (unpaired) electrons. The zero-order chi connectivity index (χ0) is 4.99. The minimum Gasteiger partial charge on any atom is -0.562 e. The first-order valence-corrected chi connectivity index (χ1v) is 1.99. The van der Waals surface area contributed by atoms with E-state index in [9.17, 15) is 4.79 Å². The molecule has 0 aromatic rings. The average Bonchev–Trinajstić information content (AvgIpc) is 1.35. The Labute approximate surface area is 61.9 Å². The Hall–Kier alpha value is 0.287. The first-order chi connectivity index (χ1) is 2.77. The molecule has 0 atom stereocenters. The summed E-state index contributed by atoms with van der Waals surface area (Å²) in [6.45, 7) is 0. The van der Waals surface area contributed by atoms with Crippen LogP contribution in [0.1, 0.15) is 0 Å². The van der Waals surface area contributed by atoms with Gasteiger partial charge in [0.25, 0.3) is 0 Å². The number of hydrogen-bond acceptors (Lipinski definition) is 1. The molecule has 0 rings (SSSR count). The number of hydrogen-bond donors (Lipinski definition) is 1. The second-order valence-corrected chi connectivity index (χ2v) is 1.05. The molecule has 0 saturated heterocycles. The van der Waals surface area contributed by atoms with Gasteiger partial charge in [0.05, 0.1) is 0 Å². The van der Waals surface area contributed by atoms with Crippen molar-refractivity contribution in [3.63, 3.8) is 0 Å². The first-order valence-electron chi connectivity index (χ1n) is 1.19. The van der Waals surface area contributed by atoms with Crippen LogP contribution in [0.3, 0.4) is 0 Å². The molecule has 0 aliphatic rings. The van der Waals surface area contributed by atoms with Crippen LogP contribution in [-0.4, -0.2) is 11.1 Å². The van der Waals surface area contributed by atoms with E-state index in [4.69, 9.17) is 5.11 Å². The molecule has 0 heterocycles. The minimum absolute atomic E-state index is 0. The molecule has 2 nitrogen and oxygen atoms in total. The van der Waals surface area contributed by atoms with Gasteiger partial charge in [-0.05, 0) is 0 Å². The molecule has 0 amide bonds.